The second-order valence-corrected chi connectivity index (χ2v) is 8.15. The van der Waals surface area contributed by atoms with Crippen LogP contribution in [0.3, 0.4) is 0 Å². The van der Waals surface area contributed by atoms with Gasteiger partial charge in [-0.25, -0.2) is 0 Å². The predicted octanol–water partition coefficient (Wildman–Crippen LogP) is 5.70. The lowest BCUT2D eigenvalue weighted by atomic mass is 9.88. The molecule has 166 valence electrons. The van der Waals surface area contributed by atoms with Gasteiger partial charge in [-0.1, -0.05) is 121 Å². The van der Waals surface area contributed by atoms with Crippen LogP contribution < -0.4 is 10.6 Å². The smallest absolute Gasteiger partial charge is 0.233 e. The fourth-order valence-corrected chi connectivity index (χ4v) is 4.23. The molecule has 0 aromatic heterocycles. The Bertz CT molecular complexity index is 1020. The first kappa shape index (κ1) is 22.5. The molecule has 3 nitrogen and oxygen atoms in total. The molecule has 0 saturated heterocycles. The third-order valence-electron chi connectivity index (χ3n) is 5.89. The number of carbonyl (C=O) groups is 1. The quantitative estimate of drug-likeness (QED) is 0.336. The summed E-state index contributed by atoms with van der Waals surface area (Å²) in [6.07, 6.45) is 0.848. The summed E-state index contributed by atoms with van der Waals surface area (Å²) in [7, 11) is 0. The molecule has 0 aliphatic heterocycles. The third-order valence-corrected chi connectivity index (χ3v) is 5.89. The average Bonchev–Trinajstić information content (AvgIpc) is 2.89. The van der Waals surface area contributed by atoms with Crippen molar-refractivity contribution >= 4 is 5.91 Å². The summed E-state index contributed by atoms with van der Waals surface area (Å²) in [6, 6.07) is 41.4. The van der Waals surface area contributed by atoms with E-state index < -0.39 is 0 Å². The van der Waals surface area contributed by atoms with Crippen LogP contribution in [0.1, 0.15) is 40.6 Å². The van der Waals surface area contributed by atoms with E-state index in [1.807, 2.05) is 48.5 Å². The number of hydrogen-bond acceptors (Lipinski definition) is 2. The minimum absolute atomic E-state index is 0.00624. The maximum Gasteiger partial charge on any atom is 0.233 e. The zero-order valence-electron chi connectivity index (χ0n) is 18.7. The van der Waals surface area contributed by atoms with E-state index in [0.29, 0.717) is 6.54 Å². The van der Waals surface area contributed by atoms with Crippen molar-refractivity contribution in [1.29, 1.82) is 0 Å². The molecule has 3 heteroatoms. The summed E-state index contributed by atoms with van der Waals surface area (Å²) in [6.45, 7) is 0.881. The van der Waals surface area contributed by atoms with E-state index in [-0.39, 0.29) is 24.4 Å². The van der Waals surface area contributed by atoms with E-state index >= 15 is 0 Å². The molecule has 0 atom stereocenters. The van der Waals surface area contributed by atoms with Crippen molar-refractivity contribution in [2.75, 3.05) is 13.1 Å². The normalized spacial score (nSPS) is 11.0. The summed E-state index contributed by atoms with van der Waals surface area (Å²) < 4.78 is 0. The van der Waals surface area contributed by atoms with E-state index in [4.69, 9.17) is 0 Å². The molecule has 0 unspecified atom stereocenters. The van der Waals surface area contributed by atoms with Gasteiger partial charge in [-0.2, -0.15) is 0 Å². The molecule has 1 amide bonds. The van der Waals surface area contributed by atoms with Crippen molar-refractivity contribution < 1.29 is 4.79 Å². The first-order chi connectivity index (χ1) is 16.3. The molecular formula is C30H30N2O. The highest BCUT2D eigenvalue weighted by Gasteiger charge is 2.16. The van der Waals surface area contributed by atoms with Gasteiger partial charge in [-0.05, 0) is 28.7 Å². The van der Waals surface area contributed by atoms with Gasteiger partial charge < -0.3 is 5.32 Å². The molecular weight excluding hydrogens is 404 g/mol. The van der Waals surface area contributed by atoms with Crippen molar-refractivity contribution in [3.8, 4) is 0 Å². The molecule has 0 aliphatic rings. The summed E-state index contributed by atoms with van der Waals surface area (Å²) in [5, 5.41) is 6.55. The number of benzene rings is 4. The van der Waals surface area contributed by atoms with Crippen LogP contribution in [0.2, 0.25) is 0 Å². The summed E-state index contributed by atoms with van der Waals surface area (Å²) in [4.78, 5) is 12.7. The van der Waals surface area contributed by atoms with Crippen LogP contribution in [0, 0.1) is 0 Å². The van der Waals surface area contributed by atoms with Gasteiger partial charge in [-0.15, -0.1) is 0 Å². The summed E-state index contributed by atoms with van der Waals surface area (Å²) >= 11 is 0. The molecule has 4 aromatic carbocycles. The SMILES string of the molecule is O=C(CNC(c1ccccc1)c1ccccc1)NCCC(c1ccccc1)c1ccccc1. The molecule has 0 heterocycles. The standard InChI is InChI=1S/C30H30N2O/c33-29(23-32-30(26-17-9-3-10-18-26)27-19-11-4-12-20-27)31-22-21-28(24-13-5-1-6-14-24)25-15-7-2-8-16-25/h1-20,28,30,32H,21-23H2,(H,31,33). The average molecular weight is 435 g/mol. The van der Waals surface area contributed by atoms with E-state index in [1.54, 1.807) is 0 Å². The Hall–Kier alpha value is -3.69. The van der Waals surface area contributed by atoms with Crippen molar-refractivity contribution in [2.45, 2.75) is 18.4 Å². The molecule has 0 fully saturated rings. The number of carbonyl (C=O) groups excluding carboxylic acids is 1. The Balaban J connectivity index is 1.36. The van der Waals surface area contributed by atoms with Gasteiger partial charge in [0.05, 0.1) is 12.6 Å². The second kappa shape index (κ2) is 11.8. The number of hydrogen-bond donors (Lipinski definition) is 2. The number of nitrogens with one attached hydrogen (secondary N) is 2. The Morgan fingerprint density at radius 1 is 0.576 bits per heavy atom. The predicted molar refractivity (Wildman–Crippen MR) is 135 cm³/mol. The number of amides is 1. The summed E-state index contributed by atoms with van der Waals surface area (Å²) in [5.74, 6) is 0.258. The Morgan fingerprint density at radius 2 is 0.970 bits per heavy atom. The van der Waals surface area contributed by atoms with Gasteiger partial charge in [0, 0.05) is 12.5 Å². The largest absolute Gasteiger partial charge is 0.355 e. The number of rotatable bonds is 10. The van der Waals surface area contributed by atoms with Gasteiger partial charge in [0.2, 0.25) is 5.91 Å². The maximum absolute atomic E-state index is 12.7. The molecule has 2 N–H and O–H groups in total. The van der Waals surface area contributed by atoms with Crippen molar-refractivity contribution in [3.05, 3.63) is 144 Å². The van der Waals surface area contributed by atoms with Gasteiger partial charge in [0.1, 0.15) is 0 Å². The van der Waals surface area contributed by atoms with Crippen LogP contribution in [-0.4, -0.2) is 19.0 Å². The maximum atomic E-state index is 12.7. The van der Waals surface area contributed by atoms with E-state index in [0.717, 1.165) is 17.5 Å². The zero-order chi connectivity index (χ0) is 22.7. The Kier molecular flexibility index (Phi) is 8.04. The molecule has 0 spiro atoms. The lowest BCUT2D eigenvalue weighted by molar-refractivity contribution is -0.120. The fourth-order valence-electron chi connectivity index (χ4n) is 4.23. The molecule has 0 radical (unpaired) electrons. The van der Waals surface area contributed by atoms with E-state index in [2.05, 4.69) is 83.4 Å². The molecule has 0 bridgehead atoms. The first-order valence-electron chi connectivity index (χ1n) is 11.5. The monoisotopic (exact) mass is 434 g/mol. The highest BCUT2D eigenvalue weighted by molar-refractivity contribution is 5.78. The minimum atomic E-state index is -0.0282. The molecule has 0 saturated carbocycles. The van der Waals surface area contributed by atoms with Crippen LogP contribution in [-0.2, 0) is 4.79 Å². The molecule has 4 rings (SSSR count). The summed E-state index contributed by atoms with van der Waals surface area (Å²) in [5.41, 5.74) is 4.82. The highest BCUT2D eigenvalue weighted by atomic mass is 16.1. The van der Waals surface area contributed by atoms with Crippen molar-refractivity contribution in [3.63, 3.8) is 0 Å². The van der Waals surface area contributed by atoms with Crippen LogP contribution in [0.4, 0.5) is 0 Å². The highest BCUT2D eigenvalue weighted by Crippen LogP contribution is 2.27. The lowest BCUT2D eigenvalue weighted by Gasteiger charge is -2.21. The molecule has 33 heavy (non-hydrogen) atoms. The van der Waals surface area contributed by atoms with E-state index in [1.165, 1.54) is 11.1 Å². The van der Waals surface area contributed by atoms with Crippen molar-refractivity contribution in [1.82, 2.24) is 10.6 Å². The van der Waals surface area contributed by atoms with Crippen LogP contribution in [0.5, 0.6) is 0 Å². The van der Waals surface area contributed by atoms with Gasteiger partial charge in [0.25, 0.3) is 0 Å². The Labute approximate surface area is 196 Å². The van der Waals surface area contributed by atoms with Gasteiger partial charge in [0.15, 0.2) is 0 Å². The Morgan fingerprint density at radius 3 is 1.39 bits per heavy atom. The van der Waals surface area contributed by atoms with Crippen molar-refractivity contribution in [2.24, 2.45) is 0 Å². The first-order valence-corrected chi connectivity index (χ1v) is 11.5. The topological polar surface area (TPSA) is 41.1 Å². The molecule has 4 aromatic rings. The van der Waals surface area contributed by atoms with Gasteiger partial charge in [-0.3, -0.25) is 10.1 Å². The van der Waals surface area contributed by atoms with E-state index in [9.17, 15) is 4.79 Å². The second-order valence-electron chi connectivity index (χ2n) is 8.15. The fraction of sp³-hybridized carbons (Fsp3) is 0.167. The lowest BCUT2D eigenvalue weighted by Crippen LogP contribution is -2.36. The van der Waals surface area contributed by atoms with Crippen LogP contribution >= 0.6 is 0 Å². The minimum Gasteiger partial charge on any atom is -0.355 e. The molecule has 0 aliphatic carbocycles. The van der Waals surface area contributed by atoms with Crippen LogP contribution in [0.15, 0.2) is 121 Å². The third kappa shape index (κ3) is 6.41. The zero-order valence-corrected chi connectivity index (χ0v) is 18.7. The van der Waals surface area contributed by atoms with Gasteiger partial charge >= 0.3 is 0 Å². The van der Waals surface area contributed by atoms with Crippen LogP contribution in [0.25, 0.3) is 0 Å².